The predicted octanol–water partition coefficient (Wildman–Crippen LogP) is 3.28. The summed E-state index contributed by atoms with van der Waals surface area (Å²) < 4.78 is 45.4. The molecule has 1 saturated heterocycles. The molecule has 9 heteroatoms. The smallest absolute Gasteiger partial charge is 0.475 e. The van der Waals surface area contributed by atoms with Crippen LogP contribution < -0.4 is 5.73 Å². The van der Waals surface area contributed by atoms with E-state index in [4.69, 9.17) is 27.2 Å². The molecule has 0 aromatic heterocycles. The van der Waals surface area contributed by atoms with Gasteiger partial charge in [-0.25, -0.2) is 9.18 Å². The molecule has 0 unspecified atom stereocenters. The Hall–Kier alpha value is -1.38. The number of alkyl halides is 3. The van der Waals surface area contributed by atoms with Crippen LogP contribution in [0.1, 0.15) is 18.4 Å². The summed E-state index contributed by atoms with van der Waals surface area (Å²) in [4.78, 5) is 11.2. The van der Waals surface area contributed by atoms with Crippen molar-refractivity contribution in [2.75, 3.05) is 19.6 Å². The van der Waals surface area contributed by atoms with Crippen LogP contribution in [0.3, 0.4) is 0 Å². The van der Waals surface area contributed by atoms with Gasteiger partial charge < -0.3 is 10.8 Å². The number of nitrogens with two attached hydrogens (primary N) is 1. The minimum atomic E-state index is -5.08. The largest absolute Gasteiger partial charge is 0.490 e. The van der Waals surface area contributed by atoms with E-state index in [9.17, 15) is 17.6 Å². The molecule has 1 aromatic rings. The second kappa shape index (κ2) is 9.19. The first-order valence-electron chi connectivity index (χ1n) is 7.30. The number of rotatable bonds is 3. The molecule has 1 aliphatic heterocycles. The van der Waals surface area contributed by atoms with E-state index in [1.54, 1.807) is 12.1 Å². The second-order valence-corrected chi connectivity index (χ2v) is 5.93. The molecule has 1 aliphatic rings. The van der Waals surface area contributed by atoms with E-state index in [1.807, 2.05) is 0 Å². The molecule has 0 amide bonds. The molecule has 0 aliphatic carbocycles. The Labute approximate surface area is 142 Å². The zero-order chi connectivity index (χ0) is 18.3. The zero-order valence-electron chi connectivity index (χ0n) is 12.8. The molecule has 24 heavy (non-hydrogen) atoms. The van der Waals surface area contributed by atoms with Gasteiger partial charge in [-0.2, -0.15) is 13.2 Å². The van der Waals surface area contributed by atoms with E-state index in [0.29, 0.717) is 17.5 Å². The van der Waals surface area contributed by atoms with Crippen molar-refractivity contribution in [1.82, 2.24) is 4.90 Å². The minimum absolute atomic E-state index is 0.210. The summed E-state index contributed by atoms with van der Waals surface area (Å²) >= 11 is 5.73. The Morgan fingerprint density at radius 3 is 2.29 bits per heavy atom. The summed E-state index contributed by atoms with van der Waals surface area (Å²) in [6, 6.07) is 4.89. The van der Waals surface area contributed by atoms with Gasteiger partial charge in [0.05, 0.1) is 0 Å². The number of benzene rings is 1. The first-order valence-corrected chi connectivity index (χ1v) is 7.67. The lowest BCUT2D eigenvalue weighted by molar-refractivity contribution is -0.192. The SMILES string of the molecule is NCC1CCN(Cc2ccc(Cl)cc2F)CC1.O=C(O)C(F)(F)F. The predicted molar refractivity (Wildman–Crippen MR) is 82.2 cm³/mol. The highest BCUT2D eigenvalue weighted by Gasteiger charge is 2.38. The Balaban J connectivity index is 0.000000351. The van der Waals surface area contributed by atoms with Crippen molar-refractivity contribution < 1.29 is 27.5 Å². The fourth-order valence-electron chi connectivity index (χ4n) is 2.27. The average Bonchev–Trinajstić information content (AvgIpc) is 2.50. The third-order valence-electron chi connectivity index (χ3n) is 3.69. The molecule has 1 aromatic carbocycles. The maximum Gasteiger partial charge on any atom is 0.490 e. The van der Waals surface area contributed by atoms with Gasteiger partial charge in [0.1, 0.15) is 5.82 Å². The van der Waals surface area contributed by atoms with Crippen molar-refractivity contribution >= 4 is 17.6 Å². The van der Waals surface area contributed by atoms with Crippen LogP contribution in [0.25, 0.3) is 0 Å². The third kappa shape index (κ3) is 7.02. The highest BCUT2D eigenvalue weighted by molar-refractivity contribution is 6.30. The van der Waals surface area contributed by atoms with Gasteiger partial charge in [0.15, 0.2) is 0 Å². The van der Waals surface area contributed by atoms with E-state index in [-0.39, 0.29) is 5.82 Å². The highest BCUT2D eigenvalue weighted by atomic mass is 35.5. The van der Waals surface area contributed by atoms with Crippen molar-refractivity contribution in [1.29, 1.82) is 0 Å². The summed E-state index contributed by atoms with van der Waals surface area (Å²) in [6.45, 7) is 3.44. The van der Waals surface area contributed by atoms with Crippen molar-refractivity contribution in [2.24, 2.45) is 11.7 Å². The topological polar surface area (TPSA) is 66.6 Å². The molecule has 0 atom stereocenters. The van der Waals surface area contributed by atoms with Crippen LogP contribution in [0.4, 0.5) is 17.6 Å². The molecule has 1 heterocycles. The quantitative estimate of drug-likeness (QED) is 0.801. The number of hydrogen-bond donors (Lipinski definition) is 2. The molecule has 136 valence electrons. The van der Waals surface area contributed by atoms with Gasteiger partial charge in [0.2, 0.25) is 0 Å². The average molecular weight is 371 g/mol. The molecule has 1 fully saturated rings. The van der Waals surface area contributed by atoms with E-state index in [0.717, 1.165) is 38.0 Å². The highest BCUT2D eigenvalue weighted by Crippen LogP contribution is 2.20. The lowest BCUT2D eigenvalue weighted by atomic mass is 9.97. The van der Waals surface area contributed by atoms with Crippen molar-refractivity contribution in [3.05, 3.63) is 34.6 Å². The number of carbonyl (C=O) groups is 1. The van der Waals surface area contributed by atoms with Gasteiger partial charge in [0, 0.05) is 17.1 Å². The Morgan fingerprint density at radius 2 is 1.88 bits per heavy atom. The molecule has 0 saturated carbocycles. The summed E-state index contributed by atoms with van der Waals surface area (Å²) in [5.74, 6) is -2.33. The van der Waals surface area contributed by atoms with E-state index < -0.39 is 12.1 Å². The van der Waals surface area contributed by atoms with Crippen LogP contribution in [0, 0.1) is 11.7 Å². The van der Waals surface area contributed by atoms with Gasteiger partial charge in [-0.15, -0.1) is 0 Å². The molecule has 4 nitrogen and oxygen atoms in total. The number of nitrogens with zero attached hydrogens (tertiary/aromatic N) is 1. The Bertz CT molecular complexity index is 547. The second-order valence-electron chi connectivity index (χ2n) is 5.49. The summed E-state index contributed by atoms with van der Waals surface area (Å²) in [7, 11) is 0. The molecular formula is C15H19ClF4N2O2. The number of piperidine rings is 1. The first-order chi connectivity index (χ1) is 11.1. The van der Waals surface area contributed by atoms with E-state index >= 15 is 0 Å². The van der Waals surface area contributed by atoms with Gasteiger partial charge >= 0.3 is 12.1 Å². The summed E-state index contributed by atoms with van der Waals surface area (Å²) in [5.41, 5.74) is 6.37. The number of carboxylic acids is 1. The Kier molecular flexibility index (Phi) is 7.92. The number of aliphatic carboxylic acids is 1. The van der Waals surface area contributed by atoms with Crippen molar-refractivity contribution in [2.45, 2.75) is 25.6 Å². The first kappa shape index (κ1) is 20.7. The van der Waals surface area contributed by atoms with Crippen molar-refractivity contribution in [3.63, 3.8) is 0 Å². The number of likely N-dealkylation sites (tertiary alicyclic amines) is 1. The van der Waals surface area contributed by atoms with Crippen molar-refractivity contribution in [3.8, 4) is 0 Å². The summed E-state index contributed by atoms with van der Waals surface area (Å²) in [6.07, 6.45) is -2.85. The lowest BCUT2D eigenvalue weighted by Crippen LogP contribution is -2.35. The zero-order valence-corrected chi connectivity index (χ0v) is 13.6. The molecule has 0 bridgehead atoms. The Morgan fingerprint density at radius 1 is 1.33 bits per heavy atom. The van der Waals surface area contributed by atoms with Gasteiger partial charge in [0.25, 0.3) is 0 Å². The standard InChI is InChI=1S/C13H18ClFN2.C2HF3O2/c14-12-2-1-11(13(15)7-12)9-17-5-3-10(8-16)4-6-17;3-2(4,5)1(6)7/h1-2,7,10H,3-6,8-9,16H2;(H,6,7). The normalized spacial score (nSPS) is 16.4. The van der Waals surface area contributed by atoms with Crippen LogP contribution >= 0.6 is 11.6 Å². The van der Waals surface area contributed by atoms with Crippen LogP contribution in [-0.4, -0.2) is 41.8 Å². The fraction of sp³-hybridized carbons (Fsp3) is 0.533. The van der Waals surface area contributed by atoms with Crippen LogP contribution in [0.15, 0.2) is 18.2 Å². The van der Waals surface area contributed by atoms with Gasteiger partial charge in [-0.05, 0) is 50.5 Å². The fourth-order valence-corrected chi connectivity index (χ4v) is 2.43. The monoisotopic (exact) mass is 370 g/mol. The third-order valence-corrected chi connectivity index (χ3v) is 3.93. The summed E-state index contributed by atoms with van der Waals surface area (Å²) in [5, 5.41) is 7.58. The van der Waals surface area contributed by atoms with Crippen LogP contribution in [0.5, 0.6) is 0 Å². The number of carboxylic acid groups (broad SMARTS) is 1. The molecule has 2 rings (SSSR count). The van der Waals surface area contributed by atoms with Gasteiger partial charge in [-0.1, -0.05) is 17.7 Å². The number of hydrogen-bond acceptors (Lipinski definition) is 3. The van der Waals surface area contributed by atoms with Crippen LogP contribution in [0.2, 0.25) is 5.02 Å². The van der Waals surface area contributed by atoms with Gasteiger partial charge in [-0.3, -0.25) is 4.90 Å². The van der Waals surface area contributed by atoms with E-state index in [1.165, 1.54) is 6.07 Å². The molecule has 0 spiro atoms. The van der Waals surface area contributed by atoms with E-state index in [2.05, 4.69) is 4.90 Å². The molecular weight excluding hydrogens is 352 g/mol. The minimum Gasteiger partial charge on any atom is -0.475 e. The molecule has 3 N–H and O–H groups in total. The lowest BCUT2D eigenvalue weighted by Gasteiger charge is -2.31. The van der Waals surface area contributed by atoms with Crippen LogP contribution in [-0.2, 0) is 11.3 Å². The number of halogens is 5. The molecule has 0 radical (unpaired) electrons. The maximum atomic E-state index is 13.6. The maximum absolute atomic E-state index is 13.6.